The minimum atomic E-state index is -0.704. The number of carbonyl (C=O) groups excluding carboxylic acids is 4. The van der Waals surface area contributed by atoms with Crippen molar-refractivity contribution in [3.63, 3.8) is 0 Å². The second-order valence-corrected chi connectivity index (χ2v) is 17.5. The molecule has 1 saturated heterocycles. The summed E-state index contributed by atoms with van der Waals surface area (Å²) in [6, 6.07) is 21.8. The third-order valence-corrected chi connectivity index (χ3v) is 12.7. The van der Waals surface area contributed by atoms with Gasteiger partial charge in [-0.2, -0.15) is 5.10 Å². The van der Waals surface area contributed by atoms with E-state index in [9.17, 15) is 19.2 Å². The maximum atomic E-state index is 13.6. The quantitative estimate of drug-likeness (QED) is 0.0266. The number of fused-ring (bicyclic) bond motifs is 1. The van der Waals surface area contributed by atoms with Crippen molar-refractivity contribution in [3.05, 3.63) is 113 Å². The van der Waals surface area contributed by atoms with Gasteiger partial charge < -0.3 is 50.1 Å². The minimum absolute atomic E-state index is 0.172. The number of unbranched alkanes of at least 4 members (excludes halogenated alkanes) is 3. The Bertz CT molecular complexity index is 2460. The van der Waals surface area contributed by atoms with Gasteiger partial charge in [0.2, 0.25) is 5.91 Å². The SMILES string of the molecule is CC.CNC(=O)C(CCC=O)N1Cc2c(NCCOCCOCCCCCCOc3cccc([C@@H](C)NC(=O)c4cccc(NC5(c6nc(-c7ccncn7)n[nH]6)CCN(C)CC5)c4)c3)cccc2C1=O. The van der Waals surface area contributed by atoms with Crippen molar-refractivity contribution in [2.75, 3.05) is 77.4 Å². The first kappa shape index (κ1) is 53.6. The van der Waals surface area contributed by atoms with E-state index >= 15 is 0 Å². The van der Waals surface area contributed by atoms with Gasteiger partial charge in [0.05, 0.1) is 38.0 Å². The van der Waals surface area contributed by atoms with E-state index in [1.807, 2.05) is 81.4 Å². The Balaban J connectivity index is 0.00000407. The number of likely N-dealkylation sites (N-methyl/N-ethyl adjacent to an activating group) is 1. The lowest BCUT2D eigenvalue weighted by atomic mass is 9.86. The van der Waals surface area contributed by atoms with Crippen LogP contribution in [-0.4, -0.2) is 132 Å². The van der Waals surface area contributed by atoms with Gasteiger partial charge in [-0.1, -0.05) is 44.5 Å². The van der Waals surface area contributed by atoms with Crippen LogP contribution in [0.5, 0.6) is 5.75 Å². The molecule has 71 heavy (non-hydrogen) atoms. The Morgan fingerprint density at radius 2 is 1.68 bits per heavy atom. The van der Waals surface area contributed by atoms with Gasteiger partial charge in [0.1, 0.15) is 30.1 Å². The number of H-pyrrole nitrogens is 1. The van der Waals surface area contributed by atoms with E-state index in [2.05, 4.69) is 53.4 Å². The van der Waals surface area contributed by atoms with Crippen molar-refractivity contribution in [1.29, 1.82) is 0 Å². The maximum absolute atomic E-state index is 13.6. The molecule has 5 N–H and O–H groups in total. The van der Waals surface area contributed by atoms with Gasteiger partial charge >= 0.3 is 0 Å². The van der Waals surface area contributed by atoms with Gasteiger partial charge in [0.25, 0.3) is 11.8 Å². The first-order valence-corrected chi connectivity index (χ1v) is 24.9. The minimum Gasteiger partial charge on any atom is -0.494 e. The van der Waals surface area contributed by atoms with Gasteiger partial charge in [-0.3, -0.25) is 19.5 Å². The van der Waals surface area contributed by atoms with E-state index < -0.39 is 11.6 Å². The summed E-state index contributed by atoms with van der Waals surface area (Å²) in [5.74, 6) is 1.35. The largest absolute Gasteiger partial charge is 0.494 e. The Hall–Kier alpha value is -6.76. The van der Waals surface area contributed by atoms with Gasteiger partial charge in [-0.25, -0.2) is 15.0 Å². The third kappa shape index (κ3) is 14.9. The summed E-state index contributed by atoms with van der Waals surface area (Å²) < 4.78 is 17.7. The molecule has 0 aliphatic carbocycles. The number of benzene rings is 3. The molecule has 3 amide bonds. The van der Waals surface area contributed by atoms with Gasteiger partial charge in [0.15, 0.2) is 11.6 Å². The fourth-order valence-corrected chi connectivity index (χ4v) is 8.71. The number of rotatable bonds is 27. The van der Waals surface area contributed by atoms with E-state index in [0.29, 0.717) is 68.8 Å². The molecule has 2 aliphatic rings. The first-order valence-electron chi connectivity index (χ1n) is 24.9. The monoisotopic (exact) mass is 974 g/mol. The van der Waals surface area contributed by atoms with Crippen molar-refractivity contribution in [3.8, 4) is 17.3 Å². The number of hydrogen-bond donors (Lipinski definition) is 5. The smallest absolute Gasteiger partial charge is 0.255 e. The van der Waals surface area contributed by atoms with E-state index in [-0.39, 0.29) is 36.6 Å². The second-order valence-electron chi connectivity index (χ2n) is 17.5. The molecule has 4 heterocycles. The standard InChI is InChI=1S/C51H65N11O7.C2H6/c1-36(56-47(64)38-13-8-14-39(32-38)58-51(20-24-61(3)25-21-51)50-57-46(59-60-50)44-19-22-53-35-55-44)37-12-9-15-40(33-37)69-28-7-5-4-6-27-67-30-31-68-29-23-54-43-17-10-16-41-42(43)34-62(49(41)66)45(18-11-26-63)48(65)52-2;1-2/h8-10,12-17,19,22,26,32-33,35-36,45,54,58H,4-7,11,18,20-21,23-25,27-31,34H2,1-3H3,(H,52,65)(H,56,64)(H,57,59,60);1-2H3/t36-,45?;/m1./s1. The van der Waals surface area contributed by atoms with Crippen LogP contribution in [0.4, 0.5) is 11.4 Å². The molecule has 1 unspecified atom stereocenters. The molecule has 2 aromatic heterocycles. The average Bonchev–Trinajstić information content (AvgIpc) is 4.04. The summed E-state index contributed by atoms with van der Waals surface area (Å²) in [6.07, 6.45) is 9.90. The lowest BCUT2D eigenvalue weighted by Gasteiger charge is -2.40. The molecule has 7 rings (SSSR count). The van der Waals surface area contributed by atoms with Crippen LogP contribution < -0.4 is 26.0 Å². The number of amides is 3. The topological polar surface area (TPSA) is 218 Å². The highest BCUT2D eigenvalue weighted by Crippen LogP contribution is 2.36. The highest BCUT2D eigenvalue weighted by atomic mass is 16.5. The number of aromatic amines is 1. The number of aromatic nitrogens is 5. The van der Waals surface area contributed by atoms with Gasteiger partial charge in [-0.05, 0) is 107 Å². The van der Waals surface area contributed by atoms with E-state index in [1.54, 1.807) is 23.2 Å². The van der Waals surface area contributed by atoms with Gasteiger partial charge in [0, 0.05) is 80.5 Å². The summed E-state index contributed by atoms with van der Waals surface area (Å²) in [7, 11) is 3.64. The molecular weight excluding hydrogens is 903 g/mol. The molecule has 0 bridgehead atoms. The fourth-order valence-electron chi connectivity index (χ4n) is 8.71. The molecule has 3 aromatic carbocycles. The summed E-state index contributed by atoms with van der Waals surface area (Å²) >= 11 is 0. The van der Waals surface area contributed by atoms with Crippen molar-refractivity contribution >= 4 is 35.4 Å². The second kappa shape index (κ2) is 27.6. The van der Waals surface area contributed by atoms with E-state index in [1.165, 1.54) is 13.4 Å². The zero-order valence-electron chi connectivity index (χ0n) is 41.9. The molecular formula is C53H71N11O7. The number of carbonyl (C=O) groups is 4. The number of likely N-dealkylation sites (tertiary alicyclic amines) is 1. The first-order chi connectivity index (χ1) is 34.7. The Morgan fingerprint density at radius 3 is 2.44 bits per heavy atom. The lowest BCUT2D eigenvalue weighted by molar-refractivity contribution is -0.125. The van der Waals surface area contributed by atoms with Crippen LogP contribution in [0.1, 0.15) is 116 Å². The van der Waals surface area contributed by atoms with Crippen molar-refractivity contribution in [2.45, 2.75) is 96.3 Å². The van der Waals surface area contributed by atoms with E-state index in [4.69, 9.17) is 19.2 Å². The number of hydrogen-bond acceptors (Lipinski definition) is 14. The van der Waals surface area contributed by atoms with Crippen molar-refractivity contribution < 1.29 is 33.4 Å². The van der Waals surface area contributed by atoms with Crippen LogP contribution >= 0.6 is 0 Å². The summed E-state index contributed by atoms with van der Waals surface area (Å²) in [4.78, 5) is 67.3. The van der Waals surface area contributed by atoms with Crippen molar-refractivity contribution in [2.24, 2.45) is 0 Å². The third-order valence-electron chi connectivity index (χ3n) is 12.7. The normalized spacial score (nSPS) is 14.9. The average molecular weight is 974 g/mol. The van der Waals surface area contributed by atoms with Crippen LogP contribution in [0.3, 0.4) is 0 Å². The number of aldehydes is 1. The number of nitrogens with zero attached hydrogens (tertiary/aromatic N) is 6. The molecule has 5 aromatic rings. The Morgan fingerprint density at radius 1 is 0.915 bits per heavy atom. The molecule has 380 valence electrons. The molecule has 2 atom stereocenters. The van der Waals surface area contributed by atoms with E-state index in [0.717, 1.165) is 92.0 Å². The van der Waals surface area contributed by atoms with Crippen LogP contribution in [0.25, 0.3) is 11.5 Å². The Kier molecular flexibility index (Phi) is 20.8. The molecule has 0 spiro atoms. The summed E-state index contributed by atoms with van der Waals surface area (Å²) in [5.41, 5.74) is 4.69. The maximum Gasteiger partial charge on any atom is 0.255 e. The number of piperidine rings is 1. The van der Waals surface area contributed by atoms with Crippen molar-refractivity contribution in [1.82, 2.24) is 45.6 Å². The zero-order valence-corrected chi connectivity index (χ0v) is 41.9. The van der Waals surface area contributed by atoms with Crippen LogP contribution in [0.2, 0.25) is 0 Å². The predicted molar refractivity (Wildman–Crippen MR) is 273 cm³/mol. The Labute approximate surface area is 417 Å². The number of nitrogens with one attached hydrogen (secondary N) is 5. The predicted octanol–water partition coefficient (Wildman–Crippen LogP) is 6.95. The molecule has 0 saturated carbocycles. The molecule has 2 aliphatic heterocycles. The van der Waals surface area contributed by atoms with Crippen LogP contribution in [-0.2, 0) is 31.1 Å². The lowest BCUT2D eigenvalue weighted by Crippen LogP contribution is -2.46. The summed E-state index contributed by atoms with van der Waals surface area (Å²) in [5, 5.41) is 20.5. The highest BCUT2D eigenvalue weighted by molar-refractivity contribution is 6.02. The number of anilines is 2. The van der Waals surface area contributed by atoms with Gasteiger partial charge in [-0.15, -0.1) is 0 Å². The van der Waals surface area contributed by atoms with Crippen LogP contribution in [0, 0.1) is 0 Å². The molecule has 18 heteroatoms. The molecule has 0 radical (unpaired) electrons. The fraction of sp³-hybridized carbons (Fsp3) is 0.472. The highest BCUT2D eigenvalue weighted by Gasteiger charge is 2.39. The summed E-state index contributed by atoms with van der Waals surface area (Å²) in [6.45, 7) is 11.3. The van der Waals surface area contributed by atoms with Crippen LogP contribution in [0.15, 0.2) is 85.3 Å². The molecule has 18 nitrogen and oxygen atoms in total. The number of ether oxygens (including phenoxy) is 3. The zero-order chi connectivity index (χ0) is 50.4. The molecule has 1 fully saturated rings.